The van der Waals surface area contributed by atoms with Gasteiger partial charge in [-0.25, -0.2) is 0 Å². The first-order valence-corrected chi connectivity index (χ1v) is 10.7. The highest BCUT2D eigenvalue weighted by molar-refractivity contribution is 5.94. The molecule has 0 aliphatic carbocycles. The highest BCUT2D eigenvalue weighted by Gasteiger charge is 2.17. The zero-order valence-electron chi connectivity index (χ0n) is 18.1. The van der Waals surface area contributed by atoms with Gasteiger partial charge >= 0.3 is 0 Å². The topological polar surface area (TPSA) is 74.2 Å². The summed E-state index contributed by atoms with van der Waals surface area (Å²) in [5.41, 5.74) is 2.82. The molecule has 1 aliphatic rings. The van der Waals surface area contributed by atoms with E-state index in [0.717, 1.165) is 37.1 Å². The van der Waals surface area contributed by atoms with E-state index in [1.165, 1.54) is 6.42 Å². The lowest BCUT2D eigenvalue weighted by Crippen LogP contribution is -2.32. The zero-order valence-corrected chi connectivity index (χ0v) is 18.1. The van der Waals surface area contributed by atoms with Crippen LogP contribution in [0.15, 0.2) is 54.6 Å². The third kappa shape index (κ3) is 5.17. The van der Waals surface area contributed by atoms with Gasteiger partial charge in [-0.2, -0.15) is 15.0 Å². The van der Waals surface area contributed by atoms with Crippen molar-refractivity contribution in [1.82, 2.24) is 20.3 Å². The summed E-state index contributed by atoms with van der Waals surface area (Å²) >= 11 is 0. The molecule has 1 aliphatic heterocycles. The number of aromatic nitrogens is 3. The van der Waals surface area contributed by atoms with Crippen molar-refractivity contribution in [2.75, 3.05) is 37.0 Å². The van der Waals surface area contributed by atoms with Crippen LogP contribution in [0, 0.1) is 0 Å². The number of carbonyl (C=O) groups excluding carboxylic acids is 1. The fraction of sp³-hybridized carbons (Fsp3) is 0.333. The number of hydrogen-bond donors (Lipinski definition) is 1. The van der Waals surface area contributed by atoms with Crippen LogP contribution >= 0.6 is 0 Å². The molecule has 2 heterocycles. The number of benzene rings is 2. The summed E-state index contributed by atoms with van der Waals surface area (Å²) in [6.07, 6.45) is 3.54. The first-order chi connectivity index (χ1) is 15.1. The van der Waals surface area contributed by atoms with Crippen LogP contribution in [-0.4, -0.2) is 48.0 Å². The molecule has 4 rings (SSSR count). The molecule has 1 amide bonds. The third-order valence-electron chi connectivity index (χ3n) is 5.36. The number of nitrogens with one attached hydrogen (secondary N) is 1. The SMILES string of the molecule is CN(C)c1nc(CNC(=O)c2ccc(-c3ccccc3)cc2)nc(N2CCCCC2)n1. The average molecular weight is 417 g/mol. The number of hydrogen-bond acceptors (Lipinski definition) is 6. The summed E-state index contributed by atoms with van der Waals surface area (Å²) in [5, 5.41) is 2.94. The number of nitrogens with zero attached hydrogens (tertiary/aromatic N) is 5. The van der Waals surface area contributed by atoms with Gasteiger partial charge in [-0.05, 0) is 42.5 Å². The molecule has 1 aromatic heterocycles. The Morgan fingerprint density at radius 2 is 1.58 bits per heavy atom. The number of amides is 1. The molecule has 160 valence electrons. The lowest BCUT2D eigenvalue weighted by Gasteiger charge is -2.27. The number of rotatable bonds is 6. The largest absolute Gasteiger partial charge is 0.347 e. The molecule has 0 radical (unpaired) electrons. The van der Waals surface area contributed by atoms with Crippen LogP contribution in [0.5, 0.6) is 0 Å². The van der Waals surface area contributed by atoms with Crippen LogP contribution in [-0.2, 0) is 6.54 Å². The Balaban J connectivity index is 1.45. The van der Waals surface area contributed by atoms with Crippen molar-refractivity contribution in [3.05, 3.63) is 66.0 Å². The maximum Gasteiger partial charge on any atom is 0.251 e. The van der Waals surface area contributed by atoms with Gasteiger partial charge in [0, 0.05) is 32.7 Å². The first-order valence-electron chi connectivity index (χ1n) is 10.7. The summed E-state index contributed by atoms with van der Waals surface area (Å²) in [6.45, 7) is 2.16. The van der Waals surface area contributed by atoms with Gasteiger partial charge in [-0.15, -0.1) is 0 Å². The van der Waals surface area contributed by atoms with E-state index in [-0.39, 0.29) is 12.5 Å². The highest BCUT2D eigenvalue weighted by Crippen LogP contribution is 2.20. The minimum atomic E-state index is -0.147. The molecule has 7 heteroatoms. The third-order valence-corrected chi connectivity index (χ3v) is 5.36. The molecular weight excluding hydrogens is 388 g/mol. The molecule has 7 nitrogen and oxygen atoms in total. The molecule has 1 saturated heterocycles. The molecule has 0 saturated carbocycles. The van der Waals surface area contributed by atoms with Gasteiger partial charge in [0.1, 0.15) is 0 Å². The predicted molar refractivity (Wildman–Crippen MR) is 123 cm³/mol. The molecule has 0 spiro atoms. The van der Waals surface area contributed by atoms with Crippen LogP contribution < -0.4 is 15.1 Å². The Morgan fingerprint density at radius 3 is 2.26 bits per heavy atom. The lowest BCUT2D eigenvalue weighted by molar-refractivity contribution is 0.0950. The quantitative estimate of drug-likeness (QED) is 0.663. The van der Waals surface area contributed by atoms with E-state index in [4.69, 9.17) is 0 Å². The molecule has 0 unspecified atom stereocenters. The van der Waals surface area contributed by atoms with Crippen LogP contribution in [0.25, 0.3) is 11.1 Å². The van der Waals surface area contributed by atoms with Crippen molar-refractivity contribution < 1.29 is 4.79 Å². The molecular formula is C24H28N6O. The van der Waals surface area contributed by atoms with Gasteiger partial charge in [0.2, 0.25) is 11.9 Å². The number of anilines is 2. The van der Waals surface area contributed by atoms with E-state index in [1.807, 2.05) is 61.5 Å². The van der Waals surface area contributed by atoms with Crippen molar-refractivity contribution in [2.24, 2.45) is 0 Å². The van der Waals surface area contributed by atoms with Crippen molar-refractivity contribution in [2.45, 2.75) is 25.8 Å². The Labute approximate surface area is 183 Å². The maximum atomic E-state index is 12.7. The molecule has 0 atom stereocenters. The monoisotopic (exact) mass is 416 g/mol. The van der Waals surface area contributed by atoms with Gasteiger partial charge in [0.15, 0.2) is 5.82 Å². The fourth-order valence-corrected chi connectivity index (χ4v) is 3.62. The second kappa shape index (κ2) is 9.55. The van der Waals surface area contributed by atoms with Crippen LogP contribution in [0.1, 0.15) is 35.4 Å². The van der Waals surface area contributed by atoms with E-state index in [0.29, 0.717) is 23.3 Å². The zero-order chi connectivity index (χ0) is 21.6. The second-order valence-corrected chi connectivity index (χ2v) is 7.92. The molecule has 0 bridgehead atoms. The van der Waals surface area contributed by atoms with Gasteiger partial charge in [-0.3, -0.25) is 4.79 Å². The van der Waals surface area contributed by atoms with Gasteiger partial charge < -0.3 is 15.1 Å². The van der Waals surface area contributed by atoms with Crippen LogP contribution in [0.2, 0.25) is 0 Å². The minimum absolute atomic E-state index is 0.147. The van der Waals surface area contributed by atoms with E-state index >= 15 is 0 Å². The minimum Gasteiger partial charge on any atom is -0.347 e. The molecule has 31 heavy (non-hydrogen) atoms. The van der Waals surface area contributed by atoms with E-state index < -0.39 is 0 Å². The molecule has 1 fully saturated rings. The van der Waals surface area contributed by atoms with Crippen molar-refractivity contribution in [3.8, 4) is 11.1 Å². The Hall–Kier alpha value is -3.48. The summed E-state index contributed by atoms with van der Waals surface area (Å²) in [5.74, 6) is 1.71. The summed E-state index contributed by atoms with van der Waals surface area (Å²) < 4.78 is 0. The molecule has 2 aromatic carbocycles. The second-order valence-electron chi connectivity index (χ2n) is 7.92. The smallest absolute Gasteiger partial charge is 0.251 e. The summed E-state index contributed by atoms with van der Waals surface area (Å²) in [7, 11) is 3.82. The summed E-state index contributed by atoms with van der Waals surface area (Å²) in [6, 6.07) is 17.7. The Morgan fingerprint density at radius 1 is 0.903 bits per heavy atom. The summed E-state index contributed by atoms with van der Waals surface area (Å²) in [4.78, 5) is 30.5. The van der Waals surface area contributed by atoms with Crippen LogP contribution in [0.4, 0.5) is 11.9 Å². The Kier molecular flexibility index (Phi) is 6.40. The fourth-order valence-electron chi connectivity index (χ4n) is 3.62. The van der Waals surface area contributed by atoms with Crippen molar-refractivity contribution in [1.29, 1.82) is 0 Å². The molecule has 3 aromatic rings. The van der Waals surface area contributed by atoms with E-state index in [2.05, 4.69) is 37.3 Å². The highest BCUT2D eigenvalue weighted by atomic mass is 16.1. The van der Waals surface area contributed by atoms with Crippen molar-refractivity contribution >= 4 is 17.8 Å². The Bertz CT molecular complexity index is 1010. The van der Waals surface area contributed by atoms with Gasteiger partial charge in [-0.1, -0.05) is 42.5 Å². The van der Waals surface area contributed by atoms with Crippen molar-refractivity contribution in [3.63, 3.8) is 0 Å². The van der Waals surface area contributed by atoms with E-state index in [9.17, 15) is 4.79 Å². The first kappa shape index (κ1) is 20.8. The normalized spacial score (nSPS) is 13.7. The van der Waals surface area contributed by atoms with Gasteiger partial charge in [0.05, 0.1) is 6.54 Å². The predicted octanol–water partition coefficient (Wildman–Crippen LogP) is 3.52. The number of piperidine rings is 1. The lowest BCUT2D eigenvalue weighted by atomic mass is 10.0. The van der Waals surface area contributed by atoms with E-state index in [1.54, 1.807) is 0 Å². The maximum absolute atomic E-state index is 12.7. The standard InChI is InChI=1S/C24H28N6O/c1-29(2)23-26-21(27-24(28-23)30-15-7-4-8-16-30)17-25-22(31)20-13-11-19(12-14-20)18-9-5-3-6-10-18/h3,5-6,9-14H,4,7-8,15-17H2,1-2H3,(H,25,31). The molecule has 1 N–H and O–H groups in total. The average Bonchev–Trinajstić information content (AvgIpc) is 2.83. The number of carbonyl (C=O) groups is 1. The van der Waals surface area contributed by atoms with Gasteiger partial charge in [0.25, 0.3) is 5.91 Å². The van der Waals surface area contributed by atoms with Crippen LogP contribution in [0.3, 0.4) is 0 Å².